The molecule has 0 radical (unpaired) electrons. The number of amidine groups is 1. The maximum atomic E-state index is 7.29. The standard InChI is InChI=1S/C11H15BrN2S/c1-2-9(7-11(13)14)15-10-5-3-4-8(12)6-10/h3-6,9H,2,7H2,1H3,(H3,13,14). The van der Waals surface area contributed by atoms with E-state index in [1.54, 1.807) is 11.8 Å². The van der Waals surface area contributed by atoms with Gasteiger partial charge in [0.25, 0.3) is 0 Å². The molecule has 0 fully saturated rings. The molecule has 0 saturated carbocycles. The summed E-state index contributed by atoms with van der Waals surface area (Å²) < 4.78 is 1.09. The van der Waals surface area contributed by atoms with E-state index in [0.717, 1.165) is 10.9 Å². The molecule has 0 spiro atoms. The Kier molecular flexibility index (Phi) is 5.19. The highest BCUT2D eigenvalue weighted by molar-refractivity contribution is 9.10. The quantitative estimate of drug-likeness (QED) is 0.493. The number of benzene rings is 1. The number of nitrogens with one attached hydrogen (secondary N) is 1. The second-order valence-corrected chi connectivity index (χ2v) is 5.62. The Labute approximate surface area is 103 Å². The molecule has 2 nitrogen and oxygen atoms in total. The van der Waals surface area contributed by atoms with Crippen molar-refractivity contribution in [3.05, 3.63) is 28.7 Å². The molecule has 1 rings (SSSR count). The molecule has 0 amide bonds. The first kappa shape index (κ1) is 12.6. The number of hydrogen-bond donors (Lipinski definition) is 2. The zero-order chi connectivity index (χ0) is 11.3. The van der Waals surface area contributed by atoms with Gasteiger partial charge in [0, 0.05) is 21.0 Å². The molecule has 1 aromatic rings. The van der Waals surface area contributed by atoms with Crippen LogP contribution in [0.5, 0.6) is 0 Å². The molecule has 0 heterocycles. The van der Waals surface area contributed by atoms with Crippen molar-refractivity contribution in [1.29, 1.82) is 5.41 Å². The van der Waals surface area contributed by atoms with Crippen LogP contribution in [0, 0.1) is 5.41 Å². The largest absolute Gasteiger partial charge is 0.388 e. The molecule has 1 unspecified atom stereocenters. The summed E-state index contributed by atoms with van der Waals surface area (Å²) in [6.45, 7) is 2.12. The van der Waals surface area contributed by atoms with Crippen molar-refractivity contribution >= 4 is 33.5 Å². The van der Waals surface area contributed by atoms with E-state index >= 15 is 0 Å². The third-order valence-electron chi connectivity index (χ3n) is 2.00. The molecular formula is C11H15BrN2S. The summed E-state index contributed by atoms with van der Waals surface area (Å²) in [5.41, 5.74) is 5.41. The normalized spacial score (nSPS) is 12.4. The molecule has 1 aromatic carbocycles. The van der Waals surface area contributed by atoms with E-state index in [2.05, 4.69) is 35.0 Å². The van der Waals surface area contributed by atoms with Crippen molar-refractivity contribution in [2.75, 3.05) is 0 Å². The van der Waals surface area contributed by atoms with E-state index in [9.17, 15) is 0 Å². The summed E-state index contributed by atoms with van der Waals surface area (Å²) in [5, 5.41) is 7.69. The molecule has 0 aromatic heterocycles. The first-order valence-electron chi connectivity index (χ1n) is 4.87. The summed E-state index contributed by atoms with van der Waals surface area (Å²) in [6.07, 6.45) is 1.68. The molecule has 4 heteroatoms. The van der Waals surface area contributed by atoms with Crippen molar-refractivity contribution in [1.82, 2.24) is 0 Å². The van der Waals surface area contributed by atoms with Crippen molar-refractivity contribution < 1.29 is 0 Å². The summed E-state index contributed by atoms with van der Waals surface area (Å²) >= 11 is 5.22. The van der Waals surface area contributed by atoms with Crippen LogP contribution < -0.4 is 5.73 Å². The second kappa shape index (κ2) is 6.18. The van der Waals surface area contributed by atoms with Gasteiger partial charge in [0.1, 0.15) is 0 Å². The predicted molar refractivity (Wildman–Crippen MR) is 70.6 cm³/mol. The summed E-state index contributed by atoms with van der Waals surface area (Å²) in [5.74, 6) is 0.268. The van der Waals surface area contributed by atoms with E-state index in [1.165, 1.54) is 4.90 Å². The molecule has 0 saturated heterocycles. The van der Waals surface area contributed by atoms with Crippen LogP contribution in [0.2, 0.25) is 0 Å². The van der Waals surface area contributed by atoms with Crippen molar-refractivity contribution in [3.8, 4) is 0 Å². The topological polar surface area (TPSA) is 49.9 Å². The second-order valence-electron chi connectivity index (χ2n) is 3.33. The Morgan fingerprint density at radius 1 is 1.60 bits per heavy atom. The van der Waals surface area contributed by atoms with E-state index in [1.807, 2.05) is 12.1 Å². The molecule has 0 aliphatic heterocycles. The smallest absolute Gasteiger partial charge is 0.0916 e. The lowest BCUT2D eigenvalue weighted by Crippen LogP contribution is -2.16. The number of rotatable bonds is 5. The highest BCUT2D eigenvalue weighted by Gasteiger charge is 2.09. The molecule has 3 N–H and O–H groups in total. The van der Waals surface area contributed by atoms with Gasteiger partial charge < -0.3 is 5.73 Å². The van der Waals surface area contributed by atoms with Crippen LogP contribution in [-0.2, 0) is 0 Å². The average molecular weight is 287 g/mol. The molecular weight excluding hydrogens is 272 g/mol. The fourth-order valence-electron chi connectivity index (χ4n) is 1.25. The van der Waals surface area contributed by atoms with Gasteiger partial charge >= 0.3 is 0 Å². The molecule has 82 valence electrons. The summed E-state index contributed by atoms with van der Waals surface area (Å²) in [7, 11) is 0. The highest BCUT2D eigenvalue weighted by atomic mass is 79.9. The zero-order valence-electron chi connectivity index (χ0n) is 8.66. The number of nitrogens with two attached hydrogens (primary N) is 1. The minimum Gasteiger partial charge on any atom is -0.388 e. The molecule has 0 bridgehead atoms. The Bertz CT molecular complexity index is 341. The first-order chi connectivity index (χ1) is 7.11. The van der Waals surface area contributed by atoms with Crippen LogP contribution in [0.1, 0.15) is 19.8 Å². The van der Waals surface area contributed by atoms with Gasteiger partial charge in [-0.05, 0) is 24.6 Å². The molecule has 1 atom stereocenters. The van der Waals surface area contributed by atoms with Gasteiger partial charge in [-0.2, -0.15) is 0 Å². The van der Waals surface area contributed by atoms with Gasteiger partial charge in [0.2, 0.25) is 0 Å². The zero-order valence-corrected chi connectivity index (χ0v) is 11.1. The molecule has 0 aliphatic rings. The van der Waals surface area contributed by atoms with E-state index in [4.69, 9.17) is 11.1 Å². The van der Waals surface area contributed by atoms with Crippen LogP contribution in [0.25, 0.3) is 0 Å². The van der Waals surface area contributed by atoms with E-state index in [-0.39, 0.29) is 5.84 Å². The highest BCUT2D eigenvalue weighted by Crippen LogP contribution is 2.29. The van der Waals surface area contributed by atoms with Crippen molar-refractivity contribution in [2.45, 2.75) is 29.9 Å². The van der Waals surface area contributed by atoms with Crippen LogP contribution in [0.15, 0.2) is 33.6 Å². The average Bonchev–Trinajstić information content (AvgIpc) is 2.16. The Morgan fingerprint density at radius 2 is 2.33 bits per heavy atom. The summed E-state index contributed by atoms with van der Waals surface area (Å²) in [6, 6.07) is 8.20. The van der Waals surface area contributed by atoms with Gasteiger partial charge in [-0.3, -0.25) is 5.41 Å². The van der Waals surface area contributed by atoms with E-state index < -0.39 is 0 Å². The Hall–Kier alpha value is -0.480. The van der Waals surface area contributed by atoms with Gasteiger partial charge in [0.05, 0.1) is 5.84 Å². The molecule has 15 heavy (non-hydrogen) atoms. The van der Waals surface area contributed by atoms with E-state index in [0.29, 0.717) is 11.7 Å². The molecule has 0 aliphatic carbocycles. The Morgan fingerprint density at radius 3 is 2.87 bits per heavy atom. The van der Waals surface area contributed by atoms with Gasteiger partial charge in [-0.25, -0.2) is 0 Å². The van der Waals surface area contributed by atoms with Crippen molar-refractivity contribution in [2.24, 2.45) is 5.73 Å². The number of hydrogen-bond acceptors (Lipinski definition) is 2. The maximum absolute atomic E-state index is 7.29. The SMILES string of the molecule is CCC(CC(=N)N)Sc1cccc(Br)c1. The fourth-order valence-corrected chi connectivity index (χ4v) is 2.96. The lowest BCUT2D eigenvalue weighted by molar-refractivity contribution is 0.849. The lowest BCUT2D eigenvalue weighted by atomic mass is 10.2. The third kappa shape index (κ3) is 4.71. The lowest BCUT2D eigenvalue weighted by Gasteiger charge is -2.13. The Balaban J connectivity index is 2.62. The van der Waals surface area contributed by atoms with Crippen LogP contribution in [0.4, 0.5) is 0 Å². The van der Waals surface area contributed by atoms with Gasteiger partial charge in [-0.15, -0.1) is 11.8 Å². The number of halogens is 1. The summed E-state index contributed by atoms with van der Waals surface area (Å²) in [4.78, 5) is 1.22. The minimum atomic E-state index is 0.268. The van der Waals surface area contributed by atoms with Gasteiger partial charge in [-0.1, -0.05) is 28.9 Å². The van der Waals surface area contributed by atoms with Crippen molar-refractivity contribution in [3.63, 3.8) is 0 Å². The first-order valence-corrected chi connectivity index (χ1v) is 6.54. The predicted octanol–water partition coefficient (Wildman–Crippen LogP) is 3.65. The number of thioether (sulfide) groups is 1. The minimum absolute atomic E-state index is 0.268. The fraction of sp³-hybridized carbons (Fsp3) is 0.364. The maximum Gasteiger partial charge on any atom is 0.0916 e. The van der Waals surface area contributed by atoms with Gasteiger partial charge in [0.15, 0.2) is 0 Å². The third-order valence-corrected chi connectivity index (χ3v) is 3.85. The van der Waals surface area contributed by atoms with Crippen LogP contribution in [-0.4, -0.2) is 11.1 Å². The monoisotopic (exact) mass is 286 g/mol. The van der Waals surface area contributed by atoms with Crippen LogP contribution in [0.3, 0.4) is 0 Å². The van der Waals surface area contributed by atoms with Crippen LogP contribution >= 0.6 is 27.7 Å².